The third-order valence-electron chi connectivity index (χ3n) is 2.77. The molecule has 0 amide bonds. The van der Waals surface area contributed by atoms with Crippen LogP contribution in [-0.4, -0.2) is 34.3 Å². The predicted octanol–water partition coefficient (Wildman–Crippen LogP) is 0.845. The van der Waals surface area contributed by atoms with E-state index in [9.17, 15) is 5.11 Å². The molecule has 0 unspecified atom stereocenters. The third kappa shape index (κ3) is 2.36. The van der Waals surface area contributed by atoms with Crippen molar-refractivity contribution in [3.8, 4) is 0 Å². The lowest BCUT2D eigenvalue weighted by molar-refractivity contribution is -0.0202. The highest BCUT2D eigenvalue weighted by Gasteiger charge is 2.33. The average Bonchev–Trinajstić information content (AvgIpc) is 2.24. The molecule has 5 heteroatoms. The van der Waals surface area contributed by atoms with Gasteiger partial charge in [0, 0.05) is 13.6 Å². The predicted molar refractivity (Wildman–Crippen MR) is 58.9 cm³/mol. The van der Waals surface area contributed by atoms with Gasteiger partial charge in [-0.1, -0.05) is 0 Å². The molecule has 1 fully saturated rings. The zero-order valence-electron chi connectivity index (χ0n) is 8.82. The SMILES string of the molecule is CNc1cncc(NCC2(O)CCC2)n1. The van der Waals surface area contributed by atoms with Crippen LogP contribution in [0.4, 0.5) is 11.6 Å². The summed E-state index contributed by atoms with van der Waals surface area (Å²) in [7, 11) is 1.80. The number of nitrogens with one attached hydrogen (secondary N) is 2. The van der Waals surface area contributed by atoms with Gasteiger partial charge in [0.2, 0.25) is 0 Å². The molecular weight excluding hydrogens is 192 g/mol. The minimum atomic E-state index is -0.530. The number of hydrogen-bond acceptors (Lipinski definition) is 5. The molecule has 1 aliphatic carbocycles. The number of nitrogens with zero attached hydrogens (tertiary/aromatic N) is 2. The van der Waals surface area contributed by atoms with E-state index in [0.717, 1.165) is 25.1 Å². The van der Waals surface area contributed by atoms with Crippen molar-refractivity contribution >= 4 is 11.6 Å². The van der Waals surface area contributed by atoms with Gasteiger partial charge in [-0.25, -0.2) is 4.98 Å². The first-order valence-electron chi connectivity index (χ1n) is 5.18. The van der Waals surface area contributed by atoms with E-state index >= 15 is 0 Å². The van der Waals surface area contributed by atoms with E-state index in [4.69, 9.17) is 0 Å². The van der Waals surface area contributed by atoms with Crippen LogP contribution >= 0.6 is 0 Å². The summed E-state index contributed by atoms with van der Waals surface area (Å²) >= 11 is 0. The van der Waals surface area contributed by atoms with Crippen LogP contribution in [0.3, 0.4) is 0 Å². The maximum Gasteiger partial charge on any atom is 0.147 e. The zero-order chi connectivity index (χ0) is 10.7. The average molecular weight is 208 g/mol. The monoisotopic (exact) mass is 208 g/mol. The highest BCUT2D eigenvalue weighted by atomic mass is 16.3. The molecule has 82 valence electrons. The largest absolute Gasteiger partial charge is 0.388 e. The fraction of sp³-hybridized carbons (Fsp3) is 0.600. The van der Waals surface area contributed by atoms with Gasteiger partial charge in [-0.15, -0.1) is 0 Å². The van der Waals surface area contributed by atoms with Crippen molar-refractivity contribution in [2.45, 2.75) is 24.9 Å². The molecule has 0 bridgehead atoms. The molecule has 5 nitrogen and oxygen atoms in total. The van der Waals surface area contributed by atoms with Crippen LogP contribution in [0.5, 0.6) is 0 Å². The highest BCUT2D eigenvalue weighted by Crippen LogP contribution is 2.31. The van der Waals surface area contributed by atoms with Crippen molar-refractivity contribution in [1.29, 1.82) is 0 Å². The van der Waals surface area contributed by atoms with Crippen molar-refractivity contribution < 1.29 is 5.11 Å². The highest BCUT2D eigenvalue weighted by molar-refractivity contribution is 5.41. The molecule has 0 atom stereocenters. The molecule has 1 aliphatic rings. The molecule has 0 spiro atoms. The number of aromatic nitrogens is 2. The lowest BCUT2D eigenvalue weighted by Gasteiger charge is -2.36. The van der Waals surface area contributed by atoms with Gasteiger partial charge in [-0.2, -0.15) is 0 Å². The van der Waals surface area contributed by atoms with Crippen LogP contribution in [0.15, 0.2) is 12.4 Å². The van der Waals surface area contributed by atoms with E-state index < -0.39 is 5.60 Å². The van der Waals surface area contributed by atoms with Gasteiger partial charge in [0.05, 0.1) is 18.0 Å². The second kappa shape index (κ2) is 4.02. The van der Waals surface area contributed by atoms with E-state index in [0.29, 0.717) is 12.4 Å². The molecule has 2 rings (SSSR count). The van der Waals surface area contributed by atoms with E-state index in [2.05, 4.69) is 20.6 Å². The first kappa shape index (κ1) is 10.2. The quantitative estimate of drug-likeness (QED) is 0.684. The topological polar surface area (TPSA) is 70.1 Å². The summed E-state index contributed by atoms with van der Waals surface area (Å²) in [4.78, 5) is 8.29. The number of aliphatic hydroxyl groups is 1. The first-order chi connectivity index (χ1) is 7.22. The molecule has 0 saturated heterocycles. The Hall–Kier alpha value is -1.36. The maximum atomic E-state index is 9.87. The molecular formula is C10H16N4O. The normalized spacial score (nSPS) is 18.0. The van der Waals surface area contributed by atoms with E-state index in [-0.39, 0.29) is 0 Å². The molecule has 1 aromatic rings. The van der Waals surface area contributed by atoms with Crippen molar-refractivity contribution in [1.82, 2.24) is 9.97 Å². The summed E-state index contributed by atoms with van der Waals surface area (Å²) < 4.78 is 0. The van der Waals surface area contributed by atoms with Crippen LogP contribution in [0.1, 0.15) is 19.3 Å². The van der Waals surface area contributed by atoms with Crippen LogP contribution < -0.4 is 10.6 Å². The summed E-state index contributed by atoms with van der Waals surface area (Å²) in [6, 6.07) is 0. The van der Waals surface area contributed by atoms with Crippen LogP contribution in [0.25, 0.3) is 0 Å². The van der Waals surface area contributed by atoms with Gasteiger partial charge in [0.1, 0.15) is 11.6 Å². The van der Waals surface area contributed by atoms with Gasteiger partial charge >= 0.3 is 0 Å². The smallest absolute Gasteiger partial charge is 0.147 e. The van der Waals surface area contributed by atoms with Gasteiger partial charge < -0.3 is 15.7 Å². The van der Waals surface area contributed by atoms with Gasteiger partial charge in [-0.3, -0.25) is 4.98 Å². The second-order valence-electron chi connectivity index (χ2n) is 3.97. The summed E-state index contributed by atoms with van der Waals surface area (Å²) in [6.07, 6.45) is 6.17. The van der Waals surface area contributed by atoms with E-state index in [1.54, 1.807) is 19.4 Å². The molecule has 1 aromatic heterocycles. The van der Waals surface area contributed by atoms with Crippen molar-refractivity contribution in [3.05, 3.63) is 12.4 Å². The Morgan fingerprint density at radius 1 is 1.40 bits per heavy atom. The van der Waals surface area contributed by atoms with Crippen molar-refractivity contribution in [2.75, 3.05) is 24.2 Å². The van der Waals surface area contributed by atoms with Crippen LogP contribution in [0, 0.1) is 0 Å². The Morgan fingerprint density at radius 3 is 2.73 bits per heavy atom. The molecule has 0 aromatic carbocycles. The minimum absolute atomic E-state index is 0.530. The summed E-state index contributed by atoms with van der Waals surface area (Å²) in [6.45, 7) is 0.550. The summed E-state index contributed by atoms with van der Waals surface area (Å²) in [5, 5.41) is 15.9. The summed E-state index contributed by atoms with van der Waals surface area (Å²) in [5.74, 6) is 1.42. The molecule has 3 N–H and O–H groups in total. The first-order valence-corrected chi connectivity index (χ1v) is 5.18. The lowest BCUT2D eigenvalue weighted by atomic mass is 9.80. The van der Waals surface area contributed by atoms with Gasteiger partial charge in [0.25, 0.3) is 0 Å². The molecule has 0 radical (unpaired) electrons. The number of hydrogen-bond donors (Lipinski definition) is 3. The lowest BCUT2D eigenvalue weighted by Crippen LogP contribution is -2.43. The number of rotatable bonds is 4. The molecule has 0 aliphatic heterocycles. The maximum absolute atomic E-state index is 9.87. The van der Waals surface area contributed by atoms with Crippen LogP contribution in [-0.2, 0) is 0 Å². The Bertz CT molecular complexity index is 338. The fourth-order valence-corrected chi connectivity index (χ4v) is 1.59. The van der Waals surface area contributed by atoms with E-state index in [1.807, 2.05) is 0 Å². The standard InChI is InChI=1S/C10H16N4O/c1-11-8-5-12-6-9(14-8)13-7-10(15)3-2-4-10/h5-6,15H,2-4,7H2,1H3,(H2,11,13,14). The van der Waals surface area contributed by atoms with E-state index in [1.165, 1.54) is 0 Å². The molecule has 15 heavy (non-hydrogen) atoms. The third-order valence-corrected chi connectivity index (χ3v) is 2.77. The summed E-state index contributed by atoms with van der Waals surface area (Å²) in [5.41, 5.74) is -0.530. The van der Waals surface area contributed by atoms with Crippen LogP contribution in [0.2, 0.25) is 0 Å². The van der Waals surface area contributed by atoms with Gasteiger partial charge in [-0.05, 0) is 19.3 Å². The minimum Gasteiger partial charge on any atom is -0.388 e. The Balaban J connectivity index is 1.92. The Kier molecular flexibility index (Phi) is 2.73. The van der Waals surface area contributed by atoms with Gasteiger partial charge in [0.15, 0.2) is 0 Å². The van der Waals surface area contributed by atoms with Crippen molar-refractivity contribution in [2.24, 2.45) is 0 Å². The molecule has 1 heterocycles. The second-order valence-corrected chi connectivity index (χ2v) is 3.97. The van der Waals surface area contributed by atoms with Crippen molar-refractivity contribution in [3.63, 3.8) is 0 Å². The fourth-order valence-electron chi connectivity index (χ4n) is 1.59. The Labute approximate surface area is 88.9 Å². The number of anilines is 2. The molecule has 1 saturated carbocycles. The Morgan fingerprint density at radius 2 is 2.13 bits per heavy atom. The zero-order valence-corrected chi connectivity index (χ0v) is 8.82.